The molecule has 0 saturated heterocycles. The van der Waals surface area contributed by atoms with Gasteiger partial charge in [0.25, 0.3) is 0 Å². The first-order chi connectivity index (χ1) is 8.16. The van der Waals surface area contributed by atoms with E-state index in [0.717, 1.165) is 28.1 Å². The van der Waals surface area contributed by atoms with Crippen molar-refractivity contribution in [1.82, 2.24) is 4.98 Å². The lowest BCUT2D eigenvalue weighted by Crippen LogP contribution is -2.18. The predicted molar refractivity (Wildman–Crippen MR) is 74.9 cm³/mol. The zero-order valence-corrected chi connectivity index (χ0v) is 11.2. The van der Waals surface area contributed by atoms with E-state index in [2.05, 4.69) is 25.8 Å². The number of aromatic nitrogens is 1. The fourth-order valence-corrected chi connectivity index (χ4v) is 2.02. The fourth-order valence-electron chi connectivity index (χ4n) is 1.67. The molecule has 0 aliphatic rings. The quantitative estimate of drug-likeness (QED) is 0.884. The highest BCUT2D eigenvalue weighted by Gasteiger charge is 2.07. The molecule has 4 heteroatoms. The van der Waals surface area contributed by atoms with Crippen LogP contribution in [0, 0.1) is 0 Å². The number of nitrogen functional groups attached to an aromatic ring is 1. The molecule has 0 amide bonds. The molecule has 0 aliphatic carbocycles. The number of rotatable bonds is 3. The van der Waals surface area contributed by atoms with E-state index < -0.39 is 0 Å². The van der Waals surface area contributed by atoms with Crippen LogP contribution in [0.1, 0.15) is 5.69 Å². The Kier molecular flexibility index (Phi) is 3.64. The van der Waals surface area contributed by atoms with Crippen LogP contribution < -0.4 is 10.6 Å². The molecule has 3 nitrogen and oxygen atoms in total. The molecule has 88 valence electrons. The number of anilines is 2. The summed E-state index contributed by atoms with van der Waals surface area (Å²) in [5, 5.41) is 0. The van der Waals surface area contributed by atoms with Crippen LogP contribution in [0.15, 0.2) is 47.1 Å². The monoisotopic (exact) mass is 291 g/mol. The van der Waals surface area contributed by atoms with Crippen molar-refractivity contribution in [2.75, 3.05) is 17.7 Å². The first-order valence-electron chi connectivity index (χ1n) is 5.33. The largest absolute Gasteiger partial charge is 0.397 e. The van der Waals surface area contributed by atoms with Crippen LogP contribution in [0.4, 0.5) is 11.4 Å². The fraction of sp³-hybridized carbons (Fsp3) is 0.154. The minimum atomic E-state index is 0.738. The summed E-state index contributed by atoms with van der Waals surface area (Å²) in [6.45, 7) is 0.738. The van der Waals surface area contributed by atoms with Crippen LogP contribution in [-0.2, 0) is 6.54 Å². The molecule has 0 saturated carbocycles. The van der Waals surface area contributed by atoms with Gasteiger partial charge in [-0.3, -0.25) is 4.98 Å². The summed E-state index contributed by atoms with van der Waals surface area (Å²) in [4.78, 5) is 6.39. The van der Waals surface area contributed by atoms with E-state index in [0.29, 0.717) is 0 Å². The molecule has 17 heavy (non-hydrogen) atoms. The van der Waals surface area contributed by atoms with Crippen LogP contribution in [0.25, 0.3) is 0 Å². The van der Waals surface area contributed by atoms with E-state index in [4.69, 9.17) is 5.73 Å². The van der Waals surface area contributed by atoms with Gasteiger partial charge in [0.2, 0.25) is 0 Å². The first kappa shape index (κ1) is 11.9. The maximum atomic E-state index is 5.96. The van der Waals surface area contributed by atoms with Gasteiger partial charge < -0.3 is 10.6 Å². The molecule has 0 fully saturated rings. The molecule has 2 aromatic rings. The van der Waals surface area contributed by atoms with E-state index in [-0.39, 0.29) is 0 Å². The molecular weight excluding hydrogens is 278 g/mol. The van der Waals surface area contributed by atoms with Gasteiger partial charge in [0.1, 0.15) is 0 Å². The van der Waals surface area contributed by atoms with Gasteiger partial charge in [-0.15, -0.1) is 0 Å². The third-order valence-corrected chi connectivity index (χ3v) is 3.02. The van der Waals surface area contributed by atoms with Crippen molar-refractivity contribution in [3.8, 4) is 0 Å². The van der Waals surface area contributed by atoms with E-state index in [1.807, 2.05) is 43.4 Å². The van der Waals surface area contributed by atoms with Gasteiger partial charge >= 0.3 is 0 Å². The summed E-state index contributed by atoms with van der Waals surface area (Å²) in [7, 11) is 2.01. The Morgan fingerprint density at radius 2 is 2.12 bits per heavy atom. The summed E-state index contributed by atoms with van der Waals surface area (Å²) in [5.41, 5.74) is 8.76. The van der Waals surface area contributed by atoms with Gasteiger partial charge in [0, 0.05) is 17.7 Å². The smallest absolute Gasteiger partial charge is 0.0612 e. The maximum Gasteiger partial charge on any atom is 0.0612 e. The predicted octanol–water partition coefficient (Wildman–Crippen LogP) is 3.06. The van der Waals surface area contributed by atoms with Crippen molar-refractivity contribution >= 4 is 27.3 Å². The SMILES string of the molecule is CN(Cc1ccccn1)c1cc(Br)ccc1N. The van der Waals surface area contributed by atoms with Gasteiger partial charge in [-0.1, -0.05) is 22.0 Å². The first-order valence-corrected chi connectivity index (χ1v) is 6.12. The molecule has 0 radical (unpaired) electrons. The lowest BCUT2D eigenvalue weighted by molar-refractivity contribution is 0.886. The average Bonchev–Trinajstić information content (AvgIpc) is 2.33. The van der Waals surface area contributed by atoms with E-state index in [1.165, 1.54) is 0 Å². The van der Waals surface area contributed by atoms with Crippen molar-refractivity contribution in [1.29, 1.82) is 0 Å². The lowest BCUT2D eigenvalue weighted by Gasteiger charge is -2.20. The topological polar surface area (TPSA) is 42.2 Å². The Labute approximate surface area is 109 Å². The minimum Gasteiger partial charge on any atom is -0.397 e. The summed E-state index contributed by atoms with van der Waals surface area (Å²) in [5.74, 6) is 0. The summed E-state index contributed by atoms with van der Waals surface area (Å²) >= 11 is 3.45. The lowest BCUT2D eigenvalue weighted by atomic mass is 10.2. The summed E-state index contributed by atoms with van der Waals surface area (Å²) < 4.78 is 1.02. The summed E-state index contributed by atoms with van der Waals surface area (Å²) in [6.07, 6.45) is 1.80. The van der Waals surface area contributed by atoms with Gasteiger partial charge in [0.05, 0.1) is 23.6 Å². The Hall–Kier alpha value is -1.55. The number of hydrogen-bond acceptors (Lipinski definition) is 3. The third-order valence-electron chi connectivity index (χ3n) is 2.53. The van der Waals surface area contributed by atoms with E-state index in [9.17, 15) is 0 Å². The third kappa shape index (κ3) is 2.97. The van der Waals surface area contributed by atoms with Crippen LogP contribution in [-0.4, -0.2) is 12.0 Å². The molecule has 0 aliphatic heterocycles. The number of pyridine rings is 1. The zero-order chi connectivity index (χ0) is 12.3. The Morgan fingerprint density at radius 3 is 2.82 bits per heavy atom. The molecule has 0 atom stereocenters. The van der Waals surface area contributed by atoms with Crippen molar-refractivity contribution in [3.63, 3.8) is 0 Å². The van der Waals surface area contributed by atoms with Crippen LogP contribution in [0.2, 0.25) is 0 Å². The Bertz CT molecular complexity index is 499. The van der Waals surface area contributed by atoms with Crippen LogP contribution in [0.5, 0.6) is 0 Å². The average molecular weight is 292 g/mol. The van der Waals surface area contributed by atoms with Gasteiger partial charge in [-0.05, 0) is 30.3 Å². The Morgan fingerprint density at radius 1 is 1.29 bits per heavy atom. The van der Waals surface area contributed by atoms with E-state index in [1.54, 1.807) is 6.20 Å². The molecule has 1 aromatic carbocycles. The van der Waals surface area contributed by atoms with Gasteiger partial charge in [-0.25, -0.2) is 0 Å². The molecular formula is C13H14BrN3. The molecule has 0 unspecified atom stereocenters. The molecule has 0 bridgehead atoms. The normalized spacial score (nSPS) is 10.2. The number of nitrogens with zero attached hydrogens (tertiary/aromatic N) is 2. The number of hydrogen-bond donors (Lipinski definition) is 1. The van der Waals surface area contributed by atoms with Gasteiger partial charge in [-0.2, -0.15) is 0 Å². The maximum absolute atomic E-state index is 5.96. The minimum absolute atomic E-state index is 0.738. The highest BCUT2D eigenvalue weighted by atomic mass is 79.9. The Balaban J connectivity index is 2.20. The van der Waals surface area contributed by atoms with Gasteiger partial charge in [0.15, 0.2) is 0 Å². The van der Waals surface area contributed by atoms with Crippen molar-refractivity contribution in [2.45, 2.75) is 6.54 Å². The molecule has 0 spiro atoms. The number of halogens is 1. The highest BCUT2D eigenvalue weighted by Crippen LogP contribution is 2.27. The van der Waals surface area contributed by atoms with Crippen molar-refractivity contribution < 1.29 is 0 Å². The summed E-state index contributed by atoms with van der Waals surface area (Å²) in [6, 6.07) is 11.8. The molecule has 1 heterocycles. The molecule has 2 rings (SSSR count). The second-order valence-corrected chi connectivity index (χ2v) is 4.80. The molecule has 1 aromatic heterocycles. The second kappa shape index (κ2) is 5.19. The molecule has 2 N–H and O–H groups in total. The van der Waals surface area contributed by atoms with Crippen molar-refractivity contribution in [3.05, 3.63) is 52.8 Å². The number of nitrogens with two attached hydrogens (primary N) is 1. The zero-order valence-electron chi connectivity index (χ0n) is 9.60. The highest BCUT2D eigenvalue weighted by molar-refractivity contribution is 9.10. The van der Waals surface area contributed by atoms with Crippen molar-refractivity contribution in [2.24, 2.45) is 0 Å². The second-order valence-electron chi connectivity index (χ2n) is 3.88. The standard InChI is InChI=1S/C13H14BrN3/c1-17(9-11-4-2-3-7-16-11)13-8-10(14)5-6-12(13)15/h2-8H,9,15H2,1H3. The van der Waals surface area contributed by atoms with Crippen LogP contribution in [0.3, 0.4) is 0 Å². The number of benzene rings is 1. The van der Waals surface area contributed by atoms with E-state index >= 15 is 0 Å². The van der Waals surface area contributed by atoms with Crippen LogP contribution >= 0.6 is 15.9 Å².